The summed E-state index contributed by atoms with van der Waals surface area (Å²) >= 11 is 0. The molecular weight excluding hydrogens is 208 g/mol. The summed E-state index contributed by atoms with van der Waals surface area (Å²) in [5, 5.41) is 8.26. The van der Waals surface area contributed by atoms with Crippen molar-refractivity contribution in [1.29, 1.82) is 0 Å². The molecule has 0 aliphatic carbocycles. The molecule has 0 amide bonds. The molecule has 2 aromatic carbocycles. The zero-order chi connectivity index (χ0) is 11.9. The van der Waals surface area contributed by atoms with Crippen molar-refractivity contribution in [1.82, 2.24) is 0 Å². The minimum atomic E-state index is 0.915. The first-order valence-electron chi connectivity index (χ1n) is 5.54. The third kappa shape index (κ3) is 3.38. The maximum atomic E-state index is 4.18. The highest BCUT2D eigenvalue weighted by Gasteiger charge is 1.93. The molecule has 0 spiro atoms. The summed E-state index contributed by atoms with van der Waals surface area (Å²) in [6, 6.07) is 20.0. The highest BCUT2D eigenvalue weighted by atomic mass is 15.2. The Morgan fingerprint density at radius 2 is 1.47 bits per heavy atom. The predicted molar refractivity (Wildman–Crippen MR) is 72.7 cm³/mol. The Balaban J connectivity index is 2.09. The second-order valence-corrected chi connectivity index (χ2v) is 3.71. The van der Waals surface area contributed by atoms with Crippen LogP contribution < -0.4 is 0 Å². The van der Waals surface area contributed by atoms with Gasteiger partial charge in [-0.05, 0) is 18.1 Å². The Kier molecular flexibility index (Phi) is 3.81. The van der Waals surface area contributed by atoms with E-state index in [9.17, 15) is 0 Å². The fourth-order valence-corrected chi connectivity index (χ4v) is 1.46. The van der Waals surface area contributed by atoms with Crippen molar-refractivity contribution >= 4 is 11.9 Å². The molecule has 84 valence electrons. The number of hydrogen-bond donors (Lipinski definition) is 0. The fraction of sp³-hybridized carbons (Fsp3) is 0.0667. The summed E-state index contributed by atoms with van der Waals surface area (Å²) in [6.45, 7) is 1.96. The van der Waals surface area contributed by atoms with E-state index < -0.39 is 0 Å². The van der Waals surface area contributed by atoms with Gasteiger partial charge in [-0.15, -0.1) is 0 Å². The average Bonchev–Trinajstić information content (AvgIpc) is 2.41. The van der Waals surface area contributed by atoms with Gasteiger partial charge in [0.05, 0.1) is 11.9 Å². The third-order valence-corrected chi connectivity index (χ3v) is 2.41. The molecule has 0 radical (unpaired) electrons. The van der Waals surface area contributed by atoms with Gasteiger partial charge in [0.1, 0.15) is 0 Å². The lowest BCUT2D eigenvalue weighted by atomic mass is 10.1. The molecule has 0 atom stereocenters. The minimum Gasteiger partial charge on any atom is -0.158 e. The summed E-state index contributed by atoms with van der Waals surface area (Å²) < 4.78 is 0. The molecule has 0 saturated heterocycles. The van der Waals surface area contributed by atoms with Crippen molar-refractivity contribution in [3.05, 3.63) is 71.8 Å². The van der Waals surface area contributed by atoms with Gasteiger partial charge in [-0.1, -0.05) is 60.7 Å². The highest BCUT2D eigenvalue weighted by Crippen LogP contribution is 2.01. The van der Waals surface area contributed by atoms with Crippen LogP contribution in [0.5, 0.6) is 0 Å². The molecular formula is C15H14N2. The van der Waals surface area contributed by atoms with Gasteiger partial charge in [0.15, 0.2) is 0 Å². The van der Waals surface area contributed by atoms with Gasteiger partial charge >= 0.3 is 0 Å². The summed E-state index contributed by atoms with van der Waals surface area (Å²) in [4.78, 5) is 0. The van der Waals surface area contributed by atoms with Crippen LogP contribution in [0.4, 0.5) is 0 Å². The van der Waals surface area contributed by atoms with Gasteiger partial charge in [0, 0.05) is 0 Å². The van der Waals surface area contributed by atoms with E-state index in [2.05, 4.69) is 10.2 Å². The van der Waals surface area contributed by atoms with E-state index in [0.717, 1.165) is 16.8 Å². The Labute approximate surface area is 101 Å². The van der Waals surface area contributed by atoms with Crippen LogP contribution in [0.2, 0.25) is 0 Å². The van der Waals surface area contributed by atoms with E-state index in [0.29, 0.717) is 0 Å². The molecule has 0 heterocycles. The second-order valence-electron chi connectivity index (χ2n) is 3.71. The van der Waals surface area contributed by atoms with E-state index in [1.54, 1.807) is 6.21 Å². The molecule has 2 rings (SSSR count). The molecule has 17 heavy (non-hydrogen) atoms. The van der Waals surface area contributed by atoms with Crippen molar-refractivity contribution in [3.63, 3.8) is 0 Å². The van der Waals surface area contributed by atoms with Crippen LogP contribution in [0, 0.1) is 0 Å². The normalized spacial score (nSPS) is 11.9. The van der Waals surface area contributed by atoms with Crippen molar-refractivity contribution in [3.8, 4) is 0 Å². The number of hydrogen-bond acceptors (Lipinski definition) is 2. The Morgan fingerprint density at radius 1 is 0.882 bits per heavy atom. The molecule has 0 N–H and O–H groups in total. The Hall–Kier alpha value is -2.22. The lowest BCUT2D eigenvalue weighted by molar-refractivity contribution is 1.24. The zero-order valence-corrected chi connectivity index (χ0v) is 9.75. The summed E-state index contributed by atoms with van der Waals surface area (Å²) in [5.74, 6) is 0. The topological polar surface area (TPSA) is 24.7 Å². The first-order valence-corrected chi connectivity index (χ1v) is 5.54. The summed E-state index contributed by atoms with van der Waals surface area (Å²) in [6.07, 6.45) is 1.76. The highest BCUT2D eigenvalue weighted by molar-refractivity contribution is 5.98. The largest absolute Gasteiger partial charge is 0.158 e. The summed E-state index contributed by atoms with van der Waals surface area (Å²) in [7, 11) is 0. The van der Waals surface area contributed by atoms with Gasteiger partial charge in [0.2, 0.25) is 0 Å². The van der Waals surface area contributed by atoms with E-state index in [4.69, 9.17) is 0 Å². The molecule has 0 aliphatic heterocycles. The first-order chi connectivity index (χ1) is 8.36. The lowest BCUT2D eigenvalue weighted by Gasteiger charge is -1.96. The molecule has 2 aromatic rings. The quantitative estimate of drug-likeness (QED) is 0.560. The minimum absolute atomic E-state index is 0.915. The van der Waals surface area contributed by atoms with Gasteiger partial charge < -0.3 is 0 Å². The number of rotatable bonds is 3. The number of nitrogens with zero attached hydrogens (tertiary/aromatic N) is 2. The van der Waals surface area contributed by atoms with Crippen molar-refractivity contribution in [2.24, 2.45) is 10.2 Å². The second kappa shape index (κ2) is 5.75. The smallest absolute Gasteiger partial charge is 0.0671 e. The van der Waals surface area contributed by atoms with E-state index in [1.165, 1.54) is 0 Å². The van der Waals surface area contributed by atoms with Crippen LogP contribution in [0.1, 0.15) is 18.1 Å². The molecule has 0 aromatic heterocycles. The van der Waals surface area contributed by atoms with Gasteiger partial charge in [-0.25, -0.2) is 0 Å². The van der Waals surface area contributed by atoms with Crippen molar-refractivity contribution < 1.29 is 0 Å². The summed E-state index contributed by atoms with van der Waals surface area (Å²) in [5.41, 5.74) is 3.06. The molecule has 2 heteroatoms. The first kappa shape index (κ1) is 11.3. The monoisotopic (exact) mass is 222 g/mol. The van der Waals surface area contributed by atoms with Crippen molar-refractivity contribution in [2.75, 3.05) is 0 Å². The molecule has 0 unspecified atom stereocenters. The van der Waals surface area contributed by atoms with Gasteiger partial charge in [-0.3, -0.25) is 0 Å². The standard InChI is InChI=1S/C15H14N2/c1-13(15-10-6-3-7-11-15)17-16-12-14-8-4-2-5-9-14/h2-12H,1H3/b16-12+,17-13+. The zero-order valence-electron chi connectivity index (χ0n) is 9.75. The Bertz CT molecular complexity index is 513. The Morgan fingerprint density at radius 3 is 2.12 bits per heavy atom. The van der Waals surface area contributed by atoms with Crippen LogP contribution >= 0.6 is 0 Å². The molecule has 0 fully saturated rings. The van der Waals surface area contributed by atoms with E-state index in [-0.39, 0.29) is 0 Å². The molecule has 0 aliphatic rings. The lowest BCUT2D eigenvalue weighted by Crippen LogP contribution is -1.92. The van der Waals surface area contributed by atoms with Crippen LogP contribution in [0.15, 0.2) is 70.9 Å². The van der Waals surface area contributed by atoms with Crippen molar-refractivity contribution in [2.45, 2.75) is 6.92 Å². The fourth-order valence-electron chi connectivity index (χ4n) is 1.46. The van der Waals surface area contributed by atoms with Crippen LogP contribution in [-0.2, 0) is 0 Å². The predicted octanol–water partition coefficient (Wildman–Crippen LogP) is 3.53. The van der Waals surface area contributed by atoms with E-state index in [1.807, 2.05) is 67.6 Å². The molecule has 0 saturated carbocycles. The maximum Gasteiger partial charge on any atom is 0.0671 e. The number of benzene rings is 2. The van der Waals surface area contributed by atoms with E-state index >= 15 is 0 Å². The SMILES string of the molecule is C/C(=N\N=C\c1ccccc1)c1ccccc1. The van der Waals surface area contributed by atoms with Crippen LogP contribution in [0.25, 0.3) is 0 Å². The van der Waals surface area contributed by atoms with Crippen LogP contribution in [0.3, 0.4) is 0 Å². The maximum absolute atomic E-state index is 4.18. The average molecular weight is 222 g/mol. The van der Waals surface area contributed by atoms with Crippen LogP contribution in [-0.4, -0.2) is 11.9 Å². The molecule has 2 nitrogen and oxygen atoms in total. The third-order valence-electron chi connectivity index (χ3n) is 2.41. The van der Waals surface area contributed by atoms with Gasteiger partial charge in [-0.2, -0.15) is 10.2 Å². The molecule has 0 bridgehead atoms. The van der Waals surface area contributed by atoms with Gasteiger partial charge in [0.25, 0.3) is 0 Å².